The summed E-state index contributed by atoms with van der Waals surface area (Å²) in [5.41, 5.74) is -0.253. The first-order chi connectivity index (χ1) is 9.84. The van der Waals surface area contributed by atoms with E-state index in [-0.39, 0.29) is 5.69 Å². The minimum atomic E-state index is -0.253. The van der Waals surface area contributed by atoms with Crippen LogP contribution in [0.25, 0.3) is 0 Å². The summed E-state index contributed by atoms with van der Waals surface area (Å²) >= 11 is 0. The zero-order valence-electron chi connectivity index (χ0n) is 12.1. The molecular formula is C14H24N2O4. The van der Waals surface area contributed by atoms with Crippen LogP contribution in [0.2, 0.25) is 0 Å². The van der Waals surface area contributed by atoms with Crippen LogP contribution in [0.15, 0.2) is 23.3 Å². The van der Waals surface area contributed by atoms with Crippen molar-refractivity contribution in [1.29, 1.82) is 0 Å². The fraction of sp³-hybridized carbons (Fsp3) is 0.714. The zero-order valence-corrected chi connectivity index (χ0v) is 12.1. The van der Waals surface area contributed by atoms with Crippen molar-refractivity contribution >= 4 is 0 Å². The number of hydrogen-bond acceptors (Lipinski definition) is 5. The van der Waals surface area contributed by atoms with Gasteiger partial charge in [-0.1, -0.05) is 13.3 Å². The number of nitrogens with zero attached hydrogens (tertiary/aromatic N) is 2. The molecule has 0 amide bonds. The predicted molar refractivity (Wildman–Crippen MR) is 75.9 cm³/mol. The van der Waals surface area contributed by atoms with Gasteiger partial charge in [-0.05, 0) is 12.5 Å². The van der Waals surface area contributed by atoms with Gasteiger partial charge in [0, 0.05) is 19.0 Å². The Morgan fingerprint density at radius 2 is 1.70 bits per heavy atom. The number of rotatable bonds is 12. The van der Waals surface area contributed by atoms with E-state index in [0.717, 1.165) is 19.4 Å². The van der Waals surface area contributed by atoms with Crippen LogP contribution in [0.3, 0.4) is 0 Å². The Kier molecular flexibility index (Phi) is 9.73. The lowest BCUT2D eigenvalue weighted by atomic mass is 10.4. The minimum absolute atomic E-state index is 0.253. The van der Waals surface area contributed by atoms with Crippen molar-refractivity contribution in [3.8, 4) is 0 Å². The van der Waals surface area contributed by atoms with Crippen LogP contribution in [0, 0.1) is 0 Å². The third-order valence-corrected chi connectivity index (χ3v) is 2.65. The third kappa shape index (κ3) is 8.04. The molecule has 0 bridgehead atoms. The van der Waals surface area contributed by atoms with Gasteiger partial charge in [0.1, 0.15) is 0 Å². The predicted octanol–water partition coefficient (Wildman–Crippen LogP) is 1.09. The molecule has 0 aliphatic heterocycles. The van der Waals surface area contributed by atoms with Gasteiger partial charge < -0.3 is 14.2 Å². The van der Waals surface area contributed by atoms with E-state index in [1.807, 2.05) is 0 Å². The van der Waals surface area contributed by atoms with E-state index in [1.54, 1.807) is 12.3 Å². The molecule has 1 heterocycles. The summed E-state index contributed by atoms with van der Waals surface area (Å²) in [6.45, 7) is 6.20. The summed E-state index contributed by atoms with van der Waals surface area (Å²) in [6, 6.07) is 1.73. The SMILES string of the molecule is CCCCOCCOCCOCCn1cccnc1=O. The second-order valence-electron chi connectivity index (χ2n) is 4.29. The molecule has 0 aliphatic rings. The van der Waals surface area contributed by atoms with Crippen molar-refractivity contribution in [2.75, 3.05) is 39.6 Å². The summed E-state index contributed by atoms with van der Waals surface area (Å²) in [6.07, 6.45) is 5.42. The van der Waals surface area contributed by atoms with Crippen molar-refractivity contribution in [2.45, 2.75) is 26.3 Å². The van der Waals surface area contributed by atoms with Gasteiger partial charge in [-0.15, -0.1) is 0 Å². The molecule has 6 nitrogen and oxygen atoms in total. The molecule has 0 spiro atoms. The average molecular weight is 284 g/mol. The molecule has 0 saturated carbocycles. The van der Waals surface area contributed by atoms with Crippen molar-refractivity contribution in [1.82, 2.24) is 9.55 Å². The van der Waals surface area contributed by atoms with Crippen molar-refractivity contribution in [2.24, 2.45) is 0 Å². The van der Waals surface area contributed by atoms with Crippen molar-refractivity contribution in [3.05, 3.63) is 28.9 Å². The van der Waals surface area contributed by atoms with Crippen molar-refractivity contribution < 1.29 is 14.2 Å². The smallest absolute Gasteiger partial charge is 0.347 e. The molecule has 0 saturated heterocycles. The second kappa shape index (κ2) is 11.6. The summed E-state index contributed by atoms with van der Waals surface area (Å²) in [5.74, 6) is 0. The first kappa shape index (κ1) is 16.8. The van der Waals surface area contributed by atoms with E-state index in [1.165, 1.54) is 10.8 Å². The monoisotopic (exact) mass is 284 g/mol. The van der Waals surface area contributed by atoms with Gasteiger partial charge in [-0.2, -0.15) is 0 Å². The lowest BCUT2D eigenvalue weighted by Crippen LogP contribution is -2.24. The minimum Gasteiger partial charge on any atom is -0.379 e. The number of aromatic nitrogens is 2. The van der Waals surface area contributed by atoms with Gasteiger partial charge in [0.15, 0.2) is 0 Å². The molecule has 0 N–H and O–H groups in total. The maximum Gasteiger partial charge on any atom is 0.347 e. The lowest BCUT2D eigenvalue weighted by molar-refractivity contribution is 0.0126. The quantitative estimate of drug-likeness (QED) is 0.538. The van der Waals surface area contributed by atoms with Crippen LogP contribution >= 0.6 is 0 Å². The summed E-state index contributed by atoms with van der Waals surface area (Å²) in [5, 5.41) is 0. The highest BCUT2D eigenvalue weighted by molar-refractivity contribution is 4.80. The summed E-state index contributed by atoms with van der Waals surface area (Å²) < 4.78 is 17.6. The Balaban J connectivity index is 1.88. The molecule has 0 unspecified atom stereocenters. The molecule has 1 rings (SSSR count). The fourth-order valence-electron chi connectivity index (χ4n) is 1.51. The lowest BCUT2D eigenvalue weighted by Gasteiger charge is -2.07. The van der Waals surface area contributed by atoms with Gasteiger partial charge in [0.25, 0.3) is 0 Å². The molecule has 0 aromatic carbocycles. The fourth-order valence-corrected chi connectivity index (χ4v) is 1.51. The Hall–Kier alpha value is -1.24. The molecule has 0 fully saturated rings. The first-order valence-corrected chi connectivity index (χ1v) is 7.09. The third-order valence-electron chi connectivity index (χ3n) is 2.65. The van der Waals surface area contributed by atoms with E-state index in [9.17, 15) is 4.79 Å². The molecule has 20 heavy (non-hydrogen) atoms. The van der Waals surface area contributed by atoms with Gasteiger partial charge in [0.05, 0.1) is 39.6 Å². The standard InChI is InChI=1S/C14H24N2O4/c1-2-3-8-18-10-12-20-13-11-19-9-7-16-6-4-5-15-14(16)17/h4-6H,2-3,7-13H2,1H3. The van der Waals surface area contributed by atoms with Gasteiger partial charge in [-0.3, -0.25) is 4.57 Å². The Bertz CT molecular complexity index is 395. The van der Waals surface area contributed by atoms with Crippen LogP contribution in [0.5, 0.6) is 0 Å². The second-order valence-corrected chi connectivity index (χ2v) is 4.29. The summed E-state index contributed by atoms with van der Waals surface area (Å²) in [4.78, 5) is 15.0. The average Bonchev–Trinajstić information content (AvgIpc) is 2.46. The molecule has 1 aromatic heterocycles. The van der Waals surface area contributed by atoms with Gasteiger partial charge >= 0.3 is 5.69 Å². The molecule has 6 heteroatoms. The Morgan fingerprint density at radius 3 is 2.35 bits per heavy atom. The van der Waals surface area contributed by atoms with Gasteiger partial charge in [-0.25, -0.2) is 9.78 Å². The molecule has 114 valence electrons. The van der Waals surface area contributed by atoms with Crippen LogP contribution < -0.4 is 5.69 Å². The highest BCUT2D eigenvalue weighted by atomic mass is 16.5. The molecule has 0 radical (unpaired) electrons. The van der Waals surface area contributed by atoms with E-state index in [2.05, 4.69) is 11.9 Å². The van der Waals surface area contributed by atoms with Crippen LogP contribution in [0.4, 0.5) is 0 Å². The van der Waals surface area contributed by atoms with E-state index in [0.29, 0.717) is 39.6 Å². The van der Waals surface area contributed by atoms with Crippen LogP contribution in [0.1, 0.15) is 19.8 Å². The Morgan fingerprint density at radius 1 is 1.05 bits per heavy atom. The highest BCUT2D eigenvalue weighted by Crippen LogP contribution is 1.88. The first-order valence-electron chi connectivity index (χ1n) is 7.09. The molecule has 1 aromatic rings. The number of ether oxygens (including phenoxy) is 3. The van der Waals surface area contributed by atoms with E-state index >= 15 is 0 Å². The zero-order chi connectivity index (χ0) is 14.5. The van der Waals surface area contributed by atoms with Crippen molar-refractivity contribution in [3.63, 3.8) is 0 Å². The van der Waals surface area contributed by atoms with Gasteiger partial charge in [0.2, 0.25) is 0 Å². The van der Waals surface area contributed by atoms with E-state index < -0.39 is 0 Å². The molecule has 0 atom stereocenters. The molecular weight excluding hydrogens is 260 g/mol. The van der Waals surface area contributed by atoms with Crippen LogP contribution in [-0.4, -0.2) is 49.2 Å². The largest absolute Gasteiger partial charge is 0.379 e. The molecule has 0 aliphatic carbocycles. The summed E-state index contributed by atoms with van der Waals surface area (Å²) in [7, 11) is 0. The van der Waals surface area contributed by atoms with Crippen LogP contribution in [-0.2, 0) is 20.8 Å². The maximum atomic E-state index is 11.3. The van der Waals surface area contributed by atoms with E-state index in [4.69, 9.17) is 14.2 Å². The Labute approximate surface area is 119 Å². The maximum absolute atomic E-state index is 11.3. The normalized spacial score (nSPS) is 10.8. The number of unbranched alkanes of at least 4 members (excludes halogenated alkanes) is 1. The highest BCUT2D eigenvalue weighted by Gasteiger charge is 1.95. The topological polar surface area (TPSA) is 62.6 Å². The number of hydrogen-bond donors (Lipinski definition) is 0.